The number of allylic oxidation sites excluding steroid dienone is 4. The molecule has 9 heteroatoms. The standard InChI is InChI=1S/C49H90N2O7/c1-6-9-12-15-18-19-20-21-22-23-24-25-26-27-30-35-47(53)57-44-41-45(43-51(42-44)46(52)34-33-38-50(4)5)58-48(54)36-37-49(55-39-31-28-16-13-10-7-2)56-40-32-29-17-14-11-8-3/h18-19,21-22,44-45,49H,6-17,20,23-43H2,1-5H3/b19-18-,22-21-. The first-order valence-corrected chi connectivity index (χ1v) is 24.1. The van der Waals surface area contributed by atoms with Crippen molar-refractivity contribution in [2.24, 2.45) is 0 Å². The first-order chi connectivity index (χ1) is 28.3. The number of ether oxygens (including phenoxy) is 4. The molecule has 0 aliphatic carbocycles. The third kappa shape index (κ3) is 32.6. The summed E-state index contributed by atoms with van der Waals surface area (Å²) >= 11 is 0. The molecule has 1 aliphatic rings. The van der Waals surface area contributed by atoms with Crippen LogP contribution in [0, 0.1) is 0 Å². The number of nitrogens with zero attached hydrogens (tertiary/aromatic N) is 2. The average molecular weight is 819 g/mol. The largest absolute Gasteiger partial charge is 0.460 e. The molecule has 0 aromatic heterocycles. The molecule has 1 saturated heterocycles. The van der Waals surface area contributed by atoms with E-state index >= 15 is 0 Å². The van der Waals surface area contributed by atoms with Gasteiger partial charge in [0.15, 0.2) is 6.29 Å². The highest BCUT2D eigenvalue weighted by Crippen LogP contribution is 2.21. The summed E-state index contributed by atoms with van der Waals surface area (Å²) in [6.07, 6.45) is 36.8. The van der Waals surface area contributed by atoms with Crippen molar-refractivity contribution in [3.8, 4) is 0 Å². The molecule has 1 heterocycles. The van der Waals surface area contributed by atoms with E-state index in [-0.39, 0.29) is 24.3 Å². The number of likely N-dealkylation sites (tertiary alicyclic amines) is 1. The molecular formula is C49H90N2O7. The molecule has 1 fully saturated rings. The summed E-state index contributed by atoms with van der Waals surface area (Å²) in [6, 6.07) is 0. The normalized spacial score (nSPS) is 16.0. The third-order valence-electron chi connectivity index (χ3n) is 10.8. The lowest BCUT2D eigenvalue weighted by Crippen LogP contribution is -2.51. The summed E-state index contributed by atoms with van der Waals surface area (Å²) in [4.78, 5) is 43.2. The van der Waals surface area contributed by atoms with E-state index in [0.29, 0.717) is 52.0 Å². The fourth-order valence-electron chi connectivity index (χ4n) is 7.30. The number of piperidine rings is 1. The maximum Gasteiger partial charge on any atom is 0.306 e. The van der Waals surface area contributed by atoms with E-state index in [1.165, 1.54) is 83.5 Å². The van der Waals surface area contributed by atoms with Gasteiger partial charge in [-0.3, -0.25) is 14.4 Å². The van der Waals surface area contributed by atoms with Gasteiger partial charge in [0.25, 0.3) is 0 Å². The van der Waals surface area contributed by atoms with Gasteiger partial charge in [0.2, 0.25) is 5.91 Å². The van der Waals surface area contributed by atoms with E-state index in [1.54, 1.807) is 4.90 Å². The Bertz CT molecular complexity index is 1030. The number of hydrogen-bond acceptors (Lipinski definition) is 8. The number of hydrogen-bond donors (Lipinski definition) is 0. The maximum atomic E-state index is 13.3. The Morgan fingerprint density at radius 3 is 1.59 bits per heavy atom. The van der Waals surface area contributed by atoms with Crippen molar-refractivity contribution >= 4 is 17.8 Å². The van der Waals surface area contributed by atoms with Gasteiger partial charge in [-0.2, -0.15) is 0 Å². The van der Waals surface area contributed by atoms with E-state index in [2.05, 4.69) is 50.0 Å². The average Bonchev–Trinajstić information content (AvgIpc) is 3.20. The van der Waals surface area contributed by atoms with Crippen LogP contribution < -0.4 is 0 Å². The molecule has 2 atom stereocenters. The Kier molecular flexibility index (Phi) is 36.1. The number of carbonyl (C=O) groups excluding carboxylic acids is 3. The first-order valence-electron chi connectivity index (χ1n) is 24.1. The number of esters is 2. The summed E-state index contributed by atoms with van der Waals surface area (Å²) in [7, 11) is 3.99. The zero-order valence-electron chi connectivity index (χ0n) is 38.3. The van der Waals surface area contributed by atoms with Crippen LogP contribution in [0.5, 0.6) is 0 Å². The fourth-order valence-corrected chi connectivity index (χ4v) is 7.30. The van der Waals surface area contributed by atoms with Crippen molar-refractivity contribution in [1.29, 1.82) is 0 Å². The van der Waals surface area contributed by atoms with Crippen LogP contribution in [0.1, 0.15) is 207 Å². The second-order valence-corrected chi connectivity index (χ2v) is 16.9. The summed E-state index contributed by atoms with van der Waals surface area (Å²) in [5.74, 6) is -0.572. The Labute approximate surface area is 356 Å². The van der Waals surface area contributed by atoms with Gasteiger partial charge in [0, 0.05) is 38.9 Å². The van der Waals surface area contributed by atoms with Crippen LogP contribution in [0.15, 0.2) is 24.3 Å². The second-order valence-electron chi connectivity index (χ2n) is 16.9. The Balaban J connectivity index is 2.59. The van der Waals surface area contributed by atoms with Gasteiger partial charge in [0.1, 0.15) is 12.2 Å². The molecule has 1 amide bonds. The summed E-state index contributed by atoms with van der Waals surface area (Å²) in [5, 5.41) is 0. The van der Waals surface area contributed by atoms with E-state index in [1.807, 2.05) is 14.1 Å². The molecule has 0 aromatic carbocycles. The Morgan fingerprint density at radius 2 is 1.03 bits per heavy atom. The molecule has 9 nitrogen and oxygen atoms in total. The zero-order valence-corrected chi connectivity index (χ0v) is 38.3. The van der Waals surface area contributed by atoms with Crippen molar-refractivity contribution in [3.05, 3.63) is 24.3 Å². The van der Waals surface area contributed by atoms with E-state index in [0.717, 1.165) is 77.2 Å². The molecule has 0 N–H and O–H groups in total. The van der Waals surface area contributed by atoms with E-state index in [4.69, 9.17) is 18.9 Å². The summed E-state index contributed by atoms with van der Waals surface area (Å²) in [6.45, 7) is 9.40. The Morgan fingerprint density at radius 1 is 0.569 bits per heavy atom. The van der Waals surface area contributed by atoms with Gasteiger partial charge in [-0.25, -0.2) is 0 Å². The van der Waals surface area contributed by atoms with Gasteiger partial charge >= 0.3 is 11.9 Å². The predicted octanol–water partition coefficient (Wildman–Crippen LogP) is 12.1. The smallest absolute Gasteiger partial charge is 0.306 e. The number of unbranched alkanes of at least 4 members (excludes halogenated alkanes) is 18. The third-order valence-corrected chi connectivity index (χ3v) is 10.8. The maximum absolute atomic E-state index is 13.3. The van der Waals surface area contributed by atoms with Crippen LogP contribution in [-0.4, -0.2) is 93.1 Å². The SMILES string of the molecule is CCCCC/C=C\C/C=C\CCCCCCCC(=O)OC1CC(OC(=O)CCC(OCCCCCCCC)OCCCCCCCC)CN(C(=O)CCCN(C)C)C1. The van der Waals surface area contributed by atoms with Crippen molar-refractivity contribution in [2.75, 3.05) is 46.9 Å². The van der Waals surface area contributed by atoms with Crippen molar-refractivity contribution in [1.82, 2.24) is 9.80 Å². The van der Waals surface area contributed by atoms with Gasteiger partial charge in [-0.15, -0.1) is 0 Å². The van der Waals surface area contributed by atoms with E-state index in [9.17, 15) is 14.4 Å². The Hall–Kier alpha value is -2.23. The second kappa shape index (κ2) is 38.9. The van der Waals surface area contributed by atoms with Crippen molar-refractivity contribution < 1.29 is 33.3 Å². The monoisotopic (exact) mass is 819 g/mol. The number of amides is 1. The molecule has 0 aromatic rings. The zero-order chi connectivity index (χ0) is 42.3. The molecule has 58 heavy (non-hydrogen) atoms. The molecular weight excluding hydrogens is 729 g/mol. The lowest BCUT2D eigenvalue weighted by Gasteiger charge is -2.37. The van der Waals surface area contributed by atoms with Crippen LogP contribution in [-0.2, 0) is 33.3 Å². The summed E-state index contributed by atoms with van der Waals surface area (Å²) < 4.78 is 24.2. The molecule has 0 bridgehead atoms. The highest BCUT2D eigenvalue weighted by molar-refractivity contribution is 5.76. The van der Waals surface area contributed by atoms with Gasteiger partial charge < -0.3 is 28.7 Å². The highest BCUT2D eigenvalue weighted by atomic mass is 16.7. The quantitative estimate of drug-likeness (QED) is 0.0262. The molecule has 2 unspecified atom stereocenters. The van der Waals surface area contributed by atoms with Crippen LogP contribution >= 0.6 is 0 Å². The van der Waals surface area contributed by atoms with Gasteiger partial charge in [-0.05, 0) is 78.4 Å². The van der Waals surface area contributed by atoms with Crippen LogP contribution in [0.4, 0.5) is 0 Å². The van der Waals surface area contributed by atoms with Crippen LogP contribution in [0.3, 0.4) is 0 Å². The van der Waals surface area contributed by atoms with Crippen molar-refractivity contribution in [2.45, 2.75) is 225 Å². The number of carbonyl (C=O) groups is 3. The summed E-state index contributed by atoms with van der Waals surface area (Å²) in [5.41, 5.74) is 0. The minimum absolute atomic E-state index is 0.00335. The molecule has 1 rings (SSSR count). The minimum atomic E-state index is -0.528. The van der Waals surface area contributed by atoms with Crippen LogP contribution in [0.25, 0.3) is 0 Å². The first kappa shape index (κ1) is 53.8. The minimum Gasteiger partial charge on any atom is -0.460 e. The van der Waals surface area contributed by atoms with Crippen LogP contribution in [0.2, 0.25) is 0 Å². The van der Waals surface area contributed by atoms with Gasteiger partial charge in [-0.1, -0.05) is 141 Å². The lowest BCUT2D eigenvalue weighted by atomic mass is 10.0. The highest BCUT2D eigenvalue weighted by Gasteiger charge is 2.34. The topological polar surface area (TPSA) is 94.6 Å². The molecule has 338 valence electrons. The molecule has 0 spiro atoms. The van der Waals surface area contributed by atoms with Gasteiger partial charge in [0.05, 0.1) is 19.5 Å². The fraction of sp³-hybridized carbons (Fsp3) is 0.857. The molecule has 0 saturated carbocycles. The molecule has 1 aliphatic heterocycles. The molecule has 0 radical (unpaired) electrons. The van der Waals surface area contributed by atoms with E-state index < -0.39 is 18.5 Å². The lowest BCUT2D eigenvalue weighted by molar-refractivity contribution is -0.171. The predicted molar refractivity (Wildman–Crippen MR) is 240 cm³/mol. The number of rotatable bonds is 39. The van der Waals surface area contributed by atoms with Crippen molar-refractivity contribution in [3.63, 3.8) is 0 Å².